The average molecular weight is 427 g/mol. The maximum Gasteiger partial charge on any atom is 0.191 e. The summed E-state index contributed by atoms with van der Waals surface area (Å²) in [5, 5.41) is 15.3. The van der Waals surface area contributed by atoms with E-state index in [2.05, 4.69) is 64.5 Å². The van der Waals surface area contributed by atoms with Crippen molar-refractivity contribution in [3.05, 3.63) is 57.7 Å². The number of rotatable bonds is 7. The normalized spacial score (nSPS) is 11.4. The summed E-state index contributed by atoms with van der Waals surface area (Å²) in [7, 11) is 0. The number of aromatic nitrogens is 4. The molecule has 1 aromatic carbocycles. The lowest BCUT2D eigenvalue weighted by molar-refractivity contribution is 0.687. The standard InChI is InChI=1S/C21H22N4S3/c1-4-25-19(16-10-18(14(2)3)26-11-16)23-24-21(25)28-13-17-12-27-20(22-17)15-8-6-5-7-9-15/h5-12,14H,4,13H2,1-3H3. The molecule has 0 aliphatic heterocycles. The highest BCUT2D eigenvalue weighted by molar-refractivity contribution is 7.98. The van der Waals surface area contributed by atoms with E-state index in [1.807, 2.05) is 18.2 Å². The van der Waals surface area contributed by atoms with Gasteiger partial charge in [-0.15, -0.1) is 32.9 Å². The molecule has 0 unspecified atom stereocenters. The highest BCUT2D eigenvalue weighted by atomic mass is 32.2. The van der Waals surface area contributed by atoms with Gasteiger partial charge in [0.05, 0.1) is 5.69 Å². The van der Waals surface area contributed by atoms with Crippen molar-refractivity contribution in [1.82, 2.24) is 19.7 Å². The van der Waals surface area contributed by atoms with Crippen molar-refractivity contribution in [1.29, 1.82) is 0 Å². The molecule has 28 heavy (non-hydrogen) atoms. The van der Waals surface area contributed by atoms with E-state index in [0.717, 1.165) is 39.5 Å². The Balaban J connectivity index is 1.50. The van der Waals surface area contributed by atoms with E-state index in [1.54, 1.807) is 34.4 Å². The van der Waals surface area contributed by atoms with Crippen molar-refractivity contribution < 1.29 is 0 Å². The highest BCUT2D eigenvalue weighted by Gasteiger charge is 2.16. The van der Waals surface area contributed by atoms with Gasteiger partial charge in [-0.1, -0.05) is 55.9 Å². The molecule has 0 fully saturated rings. The molecule has 0 amide bonds. The summed E-state index contributed by atoms with van der Waals surface area (Å²) in [6.07, 6.45) is 0. The summed E-state index contributed by atoms with van der Waals surface area (Å²) in [4.78, 5) is 6.16. The second-order valence-electron chi connectivity index (χ2n) is 6.74. The lowest BCUT2D eigenvalue weighted by Gasteiger charge is -2.05. The average Bonchev–Trinajstić information content (AvgIpc) is 3.45. The van der Waals surface area contributed by atoms with Crippen LogP contribution in [0.1, 0.15) is 37.3 Å². The molecule has 0 atom stereocenters. The van der Waals surface area contributed by atoms with Gasteiger partial charge in [0.15, 0.2) is 11.0 Å². The van der Waals surface area contributed by atoms with Gasteiger partial charge in [0, 0.05) is 39.1 Å². The molecule has 4 rings (SSSR count). The Morgan fingerprint density at radius 1 is 1.04 bits per heavy atom. The Labute approximate surface area is 177 Å². The molecule has 4 nitrogen and oxygen atoms in total. The van der Waals surface area contributed by atoms with Gasteiger partial charge in [0.1, 0.15) is 5.01 Å². The lowest BCUT2D eigenvalue weighted by Crippen LogP contribution is -1.99. The SMILES string of the molecule is CCn1c(SCc2csc(-c3ccccc3)n2)nnc1-c1csc(C(C)C)c1. The molecule has 0 saturated heterocycles. The number of thiazole rings is 1. The molecule has 0 aliphatic carbocycles. The Kier molecular flexibility index (Phi) is 5.94. The van der Waals surface area contributed by atoms with Crippen LogP contribution in [-0.4, -0.2) is 19.7 Å². The topological polar surface area (TPSA) is 43.6 Å². The van der Waals surface area contributed by atoms with Gasteiger partial charge in [-0.3, -0.25) is 0 Å². The minimum absolute atomic E-state index is 0.536. The molecular formula is C21H22N4S3. The molecule has 0 bridgehead atoms. The van der Waals surface area contributed by atoms with Crippen LogP contribution in [0.5, 0.6) is 0 Å². The Morgan fingerprint density at radius 3 is 2.57 bits per heavy atom. The van der Waals surface area contributed by atoms with Gasteiger partial charge in [-0.05, 0) is 18.9 Å². The van der Waals surface area contributed by atoms with Crippen LogP contribution in [0.3, 0.4) is 0 Å². The third-order valence-corrected chi connectivity index (χ3v) is 7.58. The van der Waals surface area contributed by atoms with Gasteiger partial charge >= 0.3 is 0 Å². The fourth-order valence-corrected chi connectivity index (χ4v) is 5.62. The Morgan fingerprint density at radius 2 is 1.86 bits per heavy atom. The molecule has 3 aromatic heterocycles. The van der Waals surface area contributed by atoms with E-state index in [1.165, 1.54) is 10.4 Å². The first-order chi connectivity index (χ1) is 13.7. The third kappa shape index (κ3) is 4.06. The molecule has 3 heterocycles. The highest BCUT2D eigenvalue weighted by Crippen LogP contribution is 2.32. The van der Waals surface area contributed by atoms with Gasteiger partial charge in [-0.2, -0.15) is 0 Å². The fraction of sp³-hybridized carbons (Fsp3) is 0.286. The van der Waals surface area contributed by atoms with Gasteiger partial charge < -0.3 is 4.57 Å². The quantitative estimate of drug-likeness (QED) is 0.314. The summed E-state index contributed by atoms with van der Waals surface area (Å²) >= 11 is 5.18. The van der Waals surface area contributed by atoms with Crippen LogP contribution in [0.25, 0.3) is 22.0 Å². The minimum atomic E-state index is 0.536. The summed E-state index contributed by atoms with van der Waals surface area (Å²) in [6, 6.07) is 12.6. The maximum absolute atomic E-state index is 4.78. The Bertz CT molecular complexity index is 1050. The zero-order chi connectivity index (χ0) is 19.5. The summed E-state index contributed by atoms with van der Waals surface area (Å²) in [5.74, 6) is 2.29. The van der Waals surface area contributed by atoms with Crippen LogP contribution in [0.15, 0.2) is 52.3 Å². The second kappa shape index (κ2) is 8.59. The number of thioether (sulfide) groups is 1. The van der Waals surface area contributed by atoms with Crippen LogP contribution < -0.4 is 0 Å². The van der Waals surface area contributed by atoms with Crippen LogP contribution >= 0.6 is 34.4 Å². The van der Waals surface area contributed by atoms with Crippen LogP contribution in [0, 0.1) is 0 Å². The first-order valence-electron chi connectivity index (χ1n) is 9.30. The zero-order valence-corrected chi connectivity index (χ0v) is 18.6. The van der Waals surface area contributed by atoms with Crippen molar-refractivity contribution in [3.63, 3.8) is 0 Å². The van der Waals surface area contributed by atoms with Crippen molar-refractivity contribution in [2.75, 3.05) is 0 Å². The first kappa shape index (κ1) is 19.4. The van der Waals surface area contributed by atoms with E-state index in [-0.39, 0.29) is 0 Å². The predicted molar refractivity (Wildman–Crippen MR) is 120 cm³/mol. The predicted octanol–water partition coefficient (Wildman–Crippen LogP) is 6.57. The van der Waals surface area contributed by atoms with Crippen molar-refractivity contribution in [3.8, 4) is 22.0 Å². The fourth-order valence-electron chi connectivity index (χ4n) is 2.89. The number of nitrogens with zero attached hydrogens (tertiary/aromatic N) is 4. The lowest BCUT2D eigenvalue weighted by atomic mass is 10.1. The molecule has 0 radical (unpaired) electrons. The zero-order valence-electron chi connectivity index (χ0n) is 16.1. The summed E-state index contributed by atoms with van der Waals surface area (Å²) in [5.41, 5.74) is 3.41. The number of hydrogen-bond acceptors (Lipinski definition) is 6. The summed E-state index contributed by atoms with van der Waals surface area (Å²) in [6.45, 7) is 7.44. The third-order valence-electron chi connectivity index (χ3n) is 4.40. The molecule has 144 valence electrons. The second-order valence-corrected chi connectivity index (χ2v) is 9.48. The minimum Gasteiger partial charge on any atom is -0.302 e. The van der Waals surface area contributed by atoms with E-state index < -0.39 is 0 Å². The molecule has 0 saturated carbocycles. The number of benzene rings is 1. The molecule has 7 heteroatoms. The Hall–Kier alpha value is -1.96. The number of hydrogen-bond donors (Lipinski definition) is 0. The van der Waals surface area contributed by atoms with Crippen LogP contribution in [0.4, 0.5) is 0 Å². The van der Waals surface area contributed by atoms with E-state index in [4.69, 9.17) is 4.98 Å². The smallest absolute Gasteiger partial charge is 0.191 e. The monoisotopic (exact) mass is 426 g/mol. The summed E-state index contributed by atoms with van der Waals surface area (Å²) < 4.78 is 2.20. The van der Waals surface area contributed by atoms with Crippen molar-refractivity contribution >= 4 is 34.4 Å². The van der Waals surface area contributed by atoms with E-state index >= 15 is 0 Å². The maximum atomic E-state index is 4.78. The van der Waals surface area contributed by atoms with E-state index in [9.17, 15) is 0 Å². The van der Waals surface area contributed by atoms with Crippen LogP contribution in [-0.2, 0) is 12.3 Å². The van der Waals surface area contributed by atoms with Gasteiger partial charge in [0.2, 0.25) is 0 Å². The molecule has 0 aliphatic rings. The van der Waals surface area contributed by atoms with Crippen molar-refractivity contribution in [2.45, 2.75) is 44.1 Å². The van der Waals surface area contributed by atoms with E-state index in [0.29, 0.717) is 5.92 Å². The molecule has 4 aromatic rings. The first-order valence-corrected chi connectivity index (χ1v) is 12.0. The van der Waals surface area contributed by atoms with Crippen LogP contribution in [0.2, 0.25) is 0 Å². The molecule has 0 N–H and O–H groups in total. The van der Waals surface area contributed by atoms with Crippen molar-refractivity contribution in [2.24, 2.45) is 0 Å². The van der Waals surface area contributed by atoms with Gasteiger partial charge in [-0.25, -0.2) is 4.98 Å². The number of thiophene rings is 1. The largest absolute Gasteiger partial charge is 0.302 e. The molecular weight excluding hydrogens is 404 g/mol. The molecule has 0 spiro atoms. The van der Waals surface area contributed by atoms with Gasteiger partial charge in [0.25, 0.3) is 0 Å².